The van der Waals surface area contributed by atoms with Crippen molar-refractivity contribution in [2.45, 2.75) is 12.8 Å². The number of amides is 1. The van der Waals surface area contributed by atoms with Gasteiger partial charge in [-0.1, -0.05) is 35.4 Å². The van der Waals surface area contributed by atoms with Gasteiger partial charge in [0.1, 0.15) is 4.99 Å². The molecular formula is C13H14Cl2N4OS. The number of carbonyl (C=O) groups excluding carboxylic acids is 1. The minimum atomic E-state index is -0.273. The number of thiocarbonyl (C=S) groups is 1. The Hall–Kier alpha value is -1.37. The Kier molecular flexibility index (Phi) is 5.39. The monoisotopic (exact) mass is 344 g/mol. The van der Waals surface area contributed by atoms with E-state index in [1.807, 2.05) is 0 Å². The Labute approximate surface area is 138 Å². The molecular weight excluding hydrogens is 331 g/mol. The van der Waals surface area contributed by atoms with Gasteiger partial charge >= 0.3 is 0 Å². The molecule has 0 aliphatic carbocycles. The topological polar surface area (TPSA) is 70.7 Å². The van der Waals surface area contributed by atoms with Crippen molar-refractivity contribution in [3.05, 3.63) is 28.2 Å². The van der Waals surface area contributed by atoms with Crippen LogP contribution >= 0.6 is 35.4 Å². The first-order valence-electron chi connectivity index (χ1n) is 6.37. The predicted octanol–water partition coefficient (Wildman–Crippen LogP) is 2.67. The highest BCUT2D eigenvalue weighted by molar-refractivity contribution is 7.82. The molecule has 1 fully saturated rings. The maximum atomic E-state index is 12.3. The second kappa shape index (κ2) is 7.06. The minimum Gasteiger partial charge on any atom is -0.388 e. The molecule has 1 aromatic rings. The molecule has 0 saturated carbocycles. The van der Waals surface area contributed by atoms with E-state index in [0.717, 1.165) is 12.8 Å². The first-order chi connectivity index (χ1) is 9.99. The van der Waals surface area contributed by atoms with E-state index in [0.29, 0.717) is 28.8 Å². The predicted molar refractivity (Wildman–Crippen MR) is 90.1 cm³/mol. The number of hydrazone groups is 1. The van der Waals surface area contributed by atoms with E-state index in [2.05, 4.69) is 10.5 Å². The van der Waals surface area contributed by atoms with E-state index < -0.39 is 0 Å². The van der Waals surface area contributed by atoms with Crippen LogP contribution in [0.4, 0.5) is 5.69 Å². The number of rotatable bonds is 4. The van der Waals surface area contributed by atoms with Crippen LogP contribution in [0.2, 0.25) is 10.0 Å². The van der Waals surface area contributed by atoms with Gasteiger partial charge in [-0.05, 0) is 31.0 Å². The molecule has 0 bridgehead atoms. The zero-order valence-electron chi connectivity index (χ0n) is 11.1. The molecule has 0 radical (unpaired) electrons. The van der Waals surface area contributed by atoms with Gasteiger partial charge in [0.05, 0.1) is 10.7 Å². The van der Waals surface area contributed by atoms with Crippen LogP contribution in [0.5, 0.6) is 0 Å². The van der Waals surface area contributed by atoms with Gasteiger partial charge in [0.25, 0.3) is 5.91 Å². The van der Waals surface area contributed by atoms with Gasteiger partial charge in [0, 0.05) is 18.1 Å². The van der Waals surface area contributed by atoms with E-state index >= 15 is 0 Å². The fraction of sp³-hybridized carbons (Fsp3) is 0.308. The zero-order valence-corrected chi connectivity index (χ0v) is 13.4. The van der Waals surface area contributed by atoms with Crippen molar-refractivity contribution in [1.82, 2.24) is 4.90 Å². The van der Waals surface area contributed by atoms with Crippen molar-refractivity contribution in [1.29, 1.82) is 0 Å². The summed E-state index contributed by atoms with van der Waals surface area (Å²) in [5, 5.41) is 4.94. The highest BCUT2D eigenvalue weighted by atomic mass is 35.5. The fourth-order valence-electron chi connectivity index (χ4n) is 1.98. The molecule has 112 valence electrons. The number of benzene rings is 1. The van der Waals surface area contributed by atoms with Crippen LogP contribution in [-0.4, -0.2) is 34.6 Å². The molecule has 1 amide bonds. The minimum absolute atomic E-state index is 0.0166. The first kappa shape index (κ1) is 16.0. The van der Waals surface area contributed by atoms with Crippen molar-refractivity contribution in [2.75, 3.05) is 18.5 Å². The molecule has 3 N–H and O–H groups in total. The molecule has 0 aromatic heterocycles. The summed E-state index contributed by atoms with van der Waals surface area (Å²) < 4.78 is 0. The smallest absolute Gasteiger partial charge is 0.277 e. The van der Waals surface area contributed by atoms with Crippen LogP contribution in [0, 0.1) is 0 Å². The molecule has 2 rings (SSSR count). The lowest BCUT2D eigenvalue weighted by Crippen LogP contribution is -2.40. The molecule has 0 atom stereocenters. The lowest BCUT2D eigenvalue weighted by molar-refractivity contribution is -0.122. The Morgan fingerprint density at radius 3 is 2.62 bits per heavy atom. The number of nitrogens with one attached hydrogen (secondary N) is 1. The summed E-state index contributed by atoms with van der Waals surface area (Å²) in [6.07, 6.45) is 1.95. The molecule has 0 spiro atoms. The summed E-state index contributed by atoms with van der Waals surface area (Å²) in [5.41, 5.74) is 8.78. The lowest BCUT2D eigenvalue weighted by atomic mass is 10.3. The van der Waals surface area contributed by atoms with Crippen molar-refractivity contribution >= 4 is 57.7 Å². The van der Waals surface area contributed by atoms with Crippen LogP contribution in [0.15, 0.2) is 23.3 Å². The van der Waals surface area contributed by atoms with E-state index in [-0.39, 0.29) is 16.6 Å². The van der Waals surface area contributed by atoms with Crippen LogP contribution in [0.25, 0.3) is 0 Å². The molecule has 8 heteroatoms. The van der Waals surface area contributed by atoms with Crippen LogP contribution in [-0.2, 0) is 4.79 Å². The van der Waals surface area contributed by atoms with Gasteiger partial charge in [-0.3, -0.25) is 10.2 Å². The summed E-state index contributed by atoms with van der Waals surface area (Å²) in [6.45, 7) is 1.39. The molecule has 1 aromatic carbocycles. The summed E-state index contributed by atoms with van der Waals surface area (Å²) in [4.78, 5) is 13.9. The van der Waals surface area contributed by atoms with E-state index in [1.54, 1.807) is 23.1 Å². The molecule has 1 heterocycles. The number of carbonyl (C=O) groups is 1. The number of nitrogens with zero attached hydrogens (tertiary/aromatic N) is 2. The maximum Gasteiger partial charge on any atom is 0.277 e. The molecule has 0 unspecified atom stereocenters. The standard InChI is InChI=1S/C13H14Cl2N4OS/c14-8-3-4-9(15)10(7-8)17-18-11(12(16)21)13(20)19-5-1-2-6-19/h3-4,7,17H,1-2,5-6H2,(H2,16,21)/b18-11-. The first-order valence-corrected chi connectivity index (χ1v) is 7.53. The summed E-state index contributed by atoms with van der Waals surface area (Å²) in [7, 11) is 0. The van der Waals surface area contributed by atoms with Crippen molar-refractivity contribution in [2.24, 2.45) is 10.8 Å². The molecule has 1 saturated heterocycles. The second-order valence-corrected chi connectivity index (χ2v) is 5.84. The molecule has 21 heavy (non-hydrogen) atoms. The second-order valence-electron chi connectivity index (χ2n) is 4.56. The highest BCUT2D eigenvalue weighted by Crippen LogP contribution is 2.25. The number of hydrogen-bond acceptors (Lipinski definition) is 4. The summed E-state index contributed by atoms with van der Waals surface area (Å²) in [5.74, 6) is -0.273. The third kappa shape index (κ3) is 4.06. The number of hydrogen-bond donors (Lipinski definition) is 2. The summed E-state index contributed by atoms with van der Waals surface area (Å²) in [6, 6.07) is 4.89. The van der Waals surface area contributed by atoms with E-state index in [4.69, 9.17) is 41.2 Å². The molecule has 1 aliphatic rings. The quantitative estimate of drug-likeness (QED) is 0.500. The maximum absolute atomic E-state index is 12.3. The van der Waals surface area contributed by atoms with Gasteiger partial charge in [-0.15, -0.1) is 0 Å². The third-order valence-corrected chi connectivity index (χ3v) is 3.80. The number of nitrogens with two attached hydrogens (primary N) is 1. The molecule has 5 nitrogen and oxygen atoms in total. The Bertz CT molecular complexity index is 600. The third-order valence-electron chi connectivity index (χ3n) is 3.05. The van der Waals surface area contributed by atoms with E-state index in [1.165, 1.54) is 0 Å². The zero-order chi connectivity index (χ0) is 15.4. The van der Waals surface area contributed by atoms with Crippen molar-refractivity contribution in [3.8, 4) is 0 Å². The normalized spacial score (nSPS) is 15.1. The van der Waals surface area contributed by atoms with Crippen molar-refractivity contribution < 1.29 is 4.79 Å². The highest BCUT2D eigenvalue weighted by Gasteiger charge is 2.24. The van der Waals surface area contributed by atoms with Gasteiger partial charge in [0.2, 0.25) is 0 Å². The number of anilines is 1. The van der Waals surface area contributed by atoms with Gasteiger partial charge in [-0.2, -0.15) is 5.10 Å². The molecule has 1 aliphatic heterocycles. The Morgan fingerprint density at radius 1 is 1.33 bits per heavy atom. The number of likely N-dealkylation sites (tertiary alicyclic amines) is 1. The van der Waals surface area contributed by atoms with Crippen molar-refractivity contribution in [3.63, 3.8) is 0 Å². The number of halogens is 2. The SMILES string of the molecule is NC(=S)/C(=N/Nc1cc(Cl)ccc1Cl)C(=O)N1CCCC1. The average Bonchev–Trinajstić information content (AvgIpc) is 2.96. The van der Waals surface area contributed by atoms with E-state index in [9.17, 15) is 4.79 Å². The lowest BCUT2D eigenvalue weighted by Gasteiger charge is -2.16. The Morgan fingerprint density at radius 2 is 2.00 bits per heavy atom. The Balaban J connectivity index is 2.19. The average molecular weight is 345 g/mol. The fourth-order valence-corrected chi connectivity index (χ4v) is 2.44. The van der Waals surface area contributed by atoms with Crippen LogP contribution in [0.3, 0.4) is 0 Å². The van der Waals surface area contributed by atoms with Crippen LogP contribution in [0.1, 0.15) is 12.8 Å². The van der Waals surface area contributed by atoms with Gasteiger partial charge in [-0.25, -0.2) is 0 Å². The largest absolute Gasteiger partial charge is 0.388 e. The summed E-state index contributed by atoms with van der Waals surface area (Å²) >= 11 is 16.8. The van der Waals surface area contributed by atoms with Gasteiger partial charge in [0.15, 0.2) is 5.71 Å². The van der Waals surface area contributed by atoms with Gasteiger partial charge < -0.3 is 10.6 Å². The van der Waals surface area contributed by atoms with Crippen LogP contribution < -0.4 is 11.2 Å².